The quantitative estimate of drug-likeness (QED) is 0.402. The van der Waals surface area contributed by atoms with Crippen molar-refractivity contribution in [2.75, 3.05) is 19.3 Å². The molecule has 0 aromatic heterocycles. The van der Waals surface area contributed by atoms with Crippen LogP contribution in [-0.2, 0) is 30.1 Å². The summed E-state index contributed by atoms with van der Waals surface area (Å²) in [6, 6.07) is 0. The fourth-order valence-corrected chi connectivity index (χ4v) is 7.10. The highest BCUT2D eigenvalue weighted by molar-refractivity contribution is 8.13. The van der Waals surface area contributed by atoms with E-state index in [1.54, 1.807) is 6.92 Å². The standard InChI is InChI=1S/C10H23ClN2O6S3/c1-4-6-8-12-22(18,19)13(9-7-5-2)21(16,17)10(11)20(3,14)15/h10,12H,4-9H2,1-3H3. The van der Waals surface area contributed by atoms with Gasteiger partial charge in [0.25, 0.3) is 20.2 Å². The molecule has 0 aliphatic carbocycles. The lowest BCUT2D eigenvalue weighted by Crippen LogP contribution is -2.48. The molecule has 0 aromatic carbocycles. The molecule has 0 aromatic rings. The zero-order valence-electron chi connectivity index (χ0n) is 12.8. The second kappa shape index (κ2) is 8.78. The van der Waals surface area contributed by atoms with Crippen LogP contribution in [0.2, 0.25) is 0 Å². The van der Waals surface area contributed by atoms with Gasteiger partial charge in [-0.2, -0.15) is 8.42 Å². The minimum atomic E-state index is -4.77. The van der Waals surface area contributed by atoms with Gasteiger partial charge in [-0.05, 0) is 12.8 Å². The van der Waals surface area contributed by atoms with E-state index < -0.39 is 34.1 Å². The highest BCUT2D eigenvalue weighted by Crippen LogP contribution is 2.21. The Morgan fingerprint density at radius 1 is 1.00 bits per heavy atom. The molecule has 0 saturated heterocycles. The van der Waals surface area contributed by atoms with Crippen molar-refractivity contribution >= 4 is 41.7 Å². The number of alkyl halides is 1. The zero-order valence-corrected chi connectivity index (χ0v) is 16.0. The van der Waals surface area contributed by atoms with Gasteiger partial charge in [0.2, 0.25) is 4.04 Å². The van der Waals surface area contributed by atoms with Gasteiger partial charge >= 0.3 is 0 Å². The molecule has 0 heterocycles. The largest absolute Gasteiger partial charge is 0.292 e. The van der Waals surface area contributed by atoms with E-state index in [-0.39, 0.29) is 23.2 Å². The van der Waals surface area contributed by atoms with E-state index in [0.29, 0.717) is 25.5 Å². The molecule has 8 nitrogen and oxygen atoms in total. The highest BCUT2D eigenvalue weighted by atomic mass is 35.5. The van der Waals surface area contributed by atoms with E-state index in [0.717, 1.165) is 0 Å². The maximum atomic E-state index is 12.3. The average Bonchev–Trinajstić information content (AvgIpc) is 2.36. The predicted molar refractivity (Wildman–Crippen MR) is 86.8 cm³/mol. The number of rotatable bonds is 11. The number of sulfonamides is 1. The molecular formula is C10H23ClN2O6S3. The first-order valence-corrected chi connectivity index (χ1v) is 12.1. The van der Waals surface area contributed by atoms with Crippen LogP contribution >= 0.6 is 11.6 Å². The van der Waals surface area contributed by atoms with Gasteiger partial charge < -0.3 is 0 Å². The first-order chi connectivity index (χ1) is 9.91. The van der Waals surface area contributed by atoms with Crippen molar-refractivity contribution in [1.29, 1.82) is 0 Å². The third kappa shape index (κ3) is 6.28. The number of unbranched alkanes of at least 4 members (excludes halogenated alkanes) is 2. The summed E-state index contributed by atoms with van der Waals surface area (Å²) in [5.41, 5.74) is 0. The molecule has 22 heavy (non-hydrogen) atoms. The molecule has 0 rings (SSSR count). The normalized spacial score (nSPS) is 15.1. The van der Waals surface area contributed by atoms with Crippen LogP contribution in [0.3, 0.4) is 0 Å². The summed E-state index contributed by atoms with van der Waals surface area (Å²) < 4.78 is 71.6. The average molecular weight is 399 g/mol. The van der Waals surface area contributed by atoms with Crippen molar-refractivity contribution in [2.24, 2.45) is 0 Å². The number of sulfone groups is 1. The van der Waals surface area contributed by atoms with Crippen molar-refractivity contribution in [1.82, 2.24) is 8.43 Å². The lowest BCUT2D eigenvalue weighted by atomic mass is 10.3. The van der Waals surface area contributed by atoms with Crippen molar-refractivity contribution in [3.05, 3.63) is 0 Å². The smallest absolute Gasteiger partial charge is 0.226 e. The summed E-state index contributed by atoms with van der Waals surface area (Å²) in [5.74, 6) is 0. The minimum Gasteiger partial charge on any atom is -0.226 e. The van der Waals surface area contributed by atoms with Crippen LogP contribution in [0.25, 0.3) is 0 Å². The van der Waals surface area contributed by atoms with E-state index in [1.807, 2.05) is 6.92 Å². The van der Waals surface area contributed by atoms with Gasteiger partial charge in [0.1, 0.15) is 0 Å². The lowest BCUT2D eigenvalue weighted by molar-refractivity contribution is 0.480. The Morgan fingerprint density at radius 2 is 1.50 bits per heavy atom. The number of hydrogen-bond donors (Lipinski definition) is 1. The molecule has 0 fully saturated rings. The maximum Gasteiger partial charge on any atom is 0.292 e. The molecule has 0 aliphatic heterocycles. The van der Waals surface area contributed by atoms with Crippen LogP contribution < -0.4 is 4.72 Å². The van der Waals surface area contributed by atoms with Crippen LogP contribution in [-0.4, -0.2) is 52.4 Å². The Morgan fingerprint density at radius 3 is 1.91 bits per heavy atom. The second-order valence-corrected chi connectivity index (χ2v) is 12.0. The molecule has 0 radical (unpaired) electrons. The van der Waals surface area contributed by atoms with Gasteiger partial charge in [-0.1, -0.05) is 42.0 Å². The Balaban J connectivity index is 5.63. The highest BCUT2D eigenvalue weighted by Gasteiger charge is 2.43. The molecule has 1 N–H and O–H groups in total. The van der Waals surface area contributed by atoms with Gasteiger partial charge in [-0.3, -0.25) is 0 Å². The van der Waals surface area contributed by atoms with E-state index in [1.165, 1.54) is 0 Å². The Kier molecular flexibility index (Phi) is 8.81. The van der Waals surface area contributed by atoms with Crippen LogP contribution in [0.1, 0.15) is 39.5 Å². The van der Waals surface area contributed by atoms with E-state index in [2.05, 4.69) is 4.72 Å². The van der Waals surface area contributed by atoms with Crippen molar-refractivity contribution in [3.63, 3.8) is 0 Å². The van der Waals surface area contributed by atoms with Crippen molar-refractivity contribution in [2.45, 2.75) is 43.6 Å². The first-order valence-electron chi connectivity index (χ1n) is 6.75. The van der Waals surface area contributed by atoms with Crippen LogP contribution in [0.4, 0.5) is 0 Å². The zero-order chi connectivity index (χ0) is 17.6. The third-order valence-electron chi connectivity index (χ3n) is 2.63. The molecular weight excluding hydrogens is 376 g/mol. The molecule has 0 saturated carbocycles. The third-order valence-corrected chi connectivity index (χ3v) is 10.4. The second-order valence-electron chi connectivity index (χ2n) is 4.75. The van der Waals surface area contributed by atoms with Crippen LogP contribution in [0.15, 0.2) is 0 Å². The van der Waals surface area contributed by atoms with Gasteiger partial charge in [0, 0.05) is 19.3 Å². The minimum absolute atomic E-state index is 0.0583. The van der Waals surface area contributed by atoms with Crippen molar-refractivity contribution < 1.29 is 25.3 Å². The van der Waals surface area contributed by atoms with Crippen molar-refractivity contribution in [3.8, 4) is 0 Å². The molecule has 0 spiro atoms. The van der Waals surface area contributed by atoms with Gasteiger partial charge in [0.15, 0.2) is 9.84 Å². The van der Waals surface area contributed by atoms with Crippen LogP contribution in [0, 0.1) is 0 Å². The summed E-state index contributed by atoms with van der Waals surface area (Å²) in [4.78, 5) is 0. The summed E-state index contributed by atoms with van der Waals surface area (Å²) in [6.45, 7) is 3.29. The van der Waals surface area contributed by atoms with Gasteiger partial charge in [-0.25, -0.2) is 21.6 Å². The molecule has 0 aliphatic rings. The fraction of sp³-hybridized carbons (Fsp3) is 1.00. The number of nitrogens with zero attached hydrogens (tertiary/aromatic N) is 1. The SMILES string of the molecule is CCCCNS(=O)(=O)N(CCCC)S(=O)(=O)C(Cl)S(C)(=O)=O. The molecule has 0 amide bonds. The predicted octanol–water partition coefficient (Wildman–Crippen LogP) is 0.620. The summed E-state index contributed by atoms with van der Waals surface area (Å²) in [5, 5.41) is 0. The summed E-state index contributed by atoms with van der Waals surface area (Å²) >= 11 is 5.48. The number of hydrogen-bond acceptors (Lipinski definition) is 6. The van der Waals surface area contributed by atoms with Gasteiger partial charge in [0.05, 0.1) is 0 Å². The summed E-state index contributed by atoms with van der Waals surface area (Å²) in [7, 11) is -13.3. The first kappa shape index (κ1) is 22.1. The maximum absolute atomic E-state index is 12.3. The topological polar surface area (TPSA) is 118 Å². The Bertz CT molecular complexity index is 644. The van der Waals surface area contributed by atoms with Gasteiger partial charge in [-0.15, -0.1) is 0 Å². The monoisotopic (exact) mass is 398 g/mol. The van der Waals surface area contributed by atoms with E-state index >= 15 is 0 Å². The molecule has 12 heteroatoms. The van der Waals surface area contributed by atoms with Crippen LogP contribution in [0.5, 0.6) is 0 Å². The Labute approximate surface area is 138 Å². The van der Waals surface area contributed by atoms with E-state index in [9.17, 15) is 25.3 Å². The molecule has 1 atom stereocenters. The summed E-state index contributed by atoms with van der Waals surface area (Å²) in [6.07, 6.45) is 2.66. The lowest BCUT2D eigenvalue weighted by Gasteiger charge is -2.23. The molecule has 0 bridgehead atoms. The van der Waals surface area contributed by atoms with E-state index in [4.69, 9.17) is 11.6 Å². The number of nitrogens with one attached hydrogen (secondary N) is 1. The number of halogens is 1. The molecule has 1 unspecified atom stereocenters. The Hall–Kier alpha value is 0.0600. The fourth-order valence-electron chi connectivity index (χ4n) is 1.43. The molecule has 134 valence electrons.